The van der Waals surface area contributed by atoms with Crippen molar-refractivity contribution in [3.05, 3.63) is 60.4 Å². The molecule has 0 radical (unpaired) electrons. The summed E-state index contributed by atoms with van der Waals surface area (Å²) < 4.78 is 1.66. The van der Waals surface area contributed by atoms with Crippen molar-refractivity contribution in [3.63, 3.8) is 0 Å². The number of carbonyl (C=O) groups excluding carboxylic acids is 2. The molecule has 0 saturated carbocycles. The Morgan fingerprint density at radius 3 is 2.40 bits per heavy atom. The van der Waals surface area contributed by atoms with Gasteiger partial charge in [-0.15, -0.1) is 0 Å². The van der Waals surface area contributed by atoms with E-state index in [0.717, 1.165) is 5.52 Å². The van der Waals surface area contributed by atoms with Crippen molar-refractivity contribution in [2.75, 3.05) is 10.6 Å². The van der Waals surface area contributed by atoms with Gasteiger partial charge in [-0.2, -0.15) is 5.10 Å². The van der Waals surface area contributed by atoms with Crippen molar-refractivity contribution >= 4 is 28.7 Å². The molecule has 2 aromatic heterocycles. The van der Waals surface area contributed by atoms with Crippen molar-refractivity contribution in [1.82, 2.24) is 9.61 Å². The summed E-state index contributed by atoms with van der Waals surface area (Å²) in [5.41, 5.74) is 2.62. The first-order valence-corrected chi connectivity index (χ1v) is 8.16. The molecule has 6 heteroatoms. The van der Waals surface area contributed by atoms with Crippen LogP contribution in [0.1, 0.15) is 30.6 Å². The molecular weight excluding hydrogens is 316 g/mol. The minimum atomic E-state index is -0.224. The van der Waals surface area contributed by atoms with Crippen LogP contribution < -0.4 is 10.6 Å². The Morgan fingerprint density at radius 2 is 1.72 bits per heavy atom. The van der Waals surface area contributed by atoms with Crippen LogP contribution in [0.3, 0.4) is 0 Å². The Morgan fingerprint density at radius 1 is 1.04 bits per heavy atom. The minimum Gasteiger partial charge on any atom is -0.326 e. The molecule has 2 N–H and O–H groups in total. The Labute approximate surface area is 145 Å². The zero-order valence-electron chi connectivity index (χ0n) is 14.2. The number of hydrogen-bond acceptors (Lipinski definition) is 3. The van der Waals surface area contributed by atoms with Gasteiger partial charge in [-0.3, -0.25) is 9.59 Å². The van der Waals surface area contributed by atoms with Crippen molar-refractivity contribution in [3.8, 4) is 0 Å². The maximum atomic E-state index is 12.4. The van der Waals surface area contributed by atoms with Crippen LogP contribution in [-0.4, -0.2) is 21.4 Å². The largest absolute Gasteiger partial charge is 0.326 e. The highest BCUT2D eigenvalue weighted by Gasteiger charge is 2.12. The second-order valence-electron chi connectivity index (χ2n) is 6.27. The molecule has 0 unspecified atom stereocenters. The lowest BCUT2D eigenvalue weighted by Crippen LogP contribution is -2.14. The molecule has 1 aromatic carbocycles. The third-order valence-corrected chi connectivity index (χ3v) is 3.69. The van der Waals surface area contributed by atoms with Gasteiger partial charge in [0.25, 0.3) is 5.91 Å². The second-order valence-corrected chi connectivity index (χ2v) is 6.27. The molecule has 0 bridgehead atoms. The highest BCUT2D eigenvalue weighted by atomic mass is 16.2. The average molecular weight is 336 g/mol. The van der Waals surface area contributed by atoms with Gasteiger partial charge in [-0.25, -0.2) is 4.52 Å². The molecule has 0 fully saturated rings. The number of rotatable bonds is 5. The van der Waals surface area contributed by atoms with E-state index in [9.17, 15) is 9.59 Å². The summed E-state index contributed by atoms with van der Waals surface area (Å²) in [6, 6.07) is 12.6. The molecule has 0 aliphatic heterocycles. The quantitative estimate of drug-likeness (QED) is 0.748. The van der Waals surface area contributed by atoms with Gasteiger partial charge in [0.05, 0.1) is 17.3 Å². The summed E-state index contributed by atoms with van der Waals surface area (Å²) in [5.74, 6) is 0.0698. The number of aromatic nitrogens is 2. The second kappa shape index (κ2) is 7.17. The minimum absolute atomic E-state index is 0.0156. The summed E-state index contributed by atoms with van der Waals surface area (Å²) >= 11 is 0. The fourth-order valence-corrected chi connectivity index (χ4v) is 2.53. The van der Waals surface area contributed by atoms with Crippen molar-refractivity contribution in [2.45, 2.75) is 20.3 Å². The fourth-order valence-electron chi connectivity index (χ4n) is 2.53. The maximum absolute atomic E-state index is 12.4. The molecule has 0 atom stereocenters. The Balaban J connectivity index is 1.67. The molecule has 0 aliphatic carbocycles. The van der Waals surface area contributed by atoms with E-state index in [1.54, 1.807) is 41.2 Å². The zero-order valence-corrected chi connectivity index (χ0v) is 14.2. The van der Waals surface area contributed by atoms with Crippen molar-refractivity contribution < 1.29 is 9.59 Å². The SMILES string of the molecule is CC(C)CC(=O)Nc1ccc(NC(=O)c2cnn3ccccc23)cc1. The van der Waals surface area contributed by atoms with Gasteiger partial charge in [0.1, 0.15) is 0 Å². The summed E-state index contributed by atoms with van der Waals surface area (Å²) in [6.07, 6.45) is 3.82. The van der Waals surface area contributed by atoms with Crippen LogP contribution in [0.4, 0.5) is 11.4 Å². The predicted octanol–water partition coefficient (Wildman–Crippen LogP) is 3.57. The molecule has 128 valence electrons. The van der Waals surface area contributed by atoms with Crippen LogP contribution >= 0.6 is 0 Å². The predicted molar refractivity (Wildman–Crippen MR) is 97.7 cm³/mol. The topological polar surface area (TPSA) is 75.5 Å². The molecule has 6 nitrogen and oxygen atoms in total. The van der Waals surface area contributed by atoms with Gasteiger partial charge in [0.2, 0.25) is 5.91 Å². The molecule has 3 aromatic rings. The van der Waals surface area contributed by atoms with E-state index >= 15 is 0 Å². The van der Waals surface area contributed by atoms with Crippen LogP contribution in [-0.2, 0) is 4.79 Å². The number of hydrogen-bond donors (Lipinski definition) is 2. The number of benzene rings is 1. The molecule has 2 heterocycles. The van der Waals surface area contributed by atoms with Crippen LogP contribution in [0.15, 0.2) is 54.9 Å². The number of nitrogens with zero attached hydrogens (tertiary/aromatic N) is 2. The van der Waals surface area contributed by atoms with Crippen LogP contribution in [0, 0.1) is 5.92 Å². The van der Waals surface area contributed by atoms with Crippen molar-refractivity contribution in [1.29, 1.82) is 0 Å². The number of anilines is 2. The summed E-state index contributed by atoms with van der Waals surface area (Å²) in [5, 5.41) is 9.84. The summed E-state index contributed by atoms with van der Waals surface area (Å²) in [7, 11) is 0. The third-order valence-electron chi connectivity index (χ3n) is 3.69. The molecule has 0 spiro atoms. The maximum Gasteiger partial charge on any atom is 0.259 e. The molecule has 3 rings (SSSR count). The Bertz CT molecular complexity index is 897. The monoisotopic (exact) mass is 336 g/mol. The van der Waals surface area contributed by atoms with Crippen LogP contribution in [0.2, 0.25) is 0 Å². The number of fused-ring (bicyclic) bond motifs is 1. The van der Waals surface area contributed by atoms with E-state index in [0.29, 0.717) is 29.3 Å². The van der Waals surface area contributed by atoms with E-state index in [4.69, 9.17) is 0 Å². The van der Waals surface area contributed by atoms with E-state index in [1.807, 2.05) is 32.0 Å². The van der Waals surface area contributed by atoms with E-state index in [2.05, 4.69) is 15.7 Å². The number of carbonyl (C=O) groups is 2. The molecule has 25 heavy (non-hydrogen) atoms. The Kier molecular flexibility index (Phi) is 4.79. The van der Waals surface area contributed by atoms with Gasteiger partial charge >= 0.3 is 0 Å². The van der Waals surface area contributed by atoms with Gasteiger partial charge in [-0.05, 0) is 42.3 Å². The lowest BCUT2D eigenvalue weighted by atomic mass is 10.1. The fraction of sp³-hybridized carbons (Fsp3) is 0.211. The molecule has 0 saturated heterocycles. The smallest absolute Gasteiger partial charge is 0.259 e. The number of amides is 2. The lowest BCUT2D eigenvalue weighted by molar-refractivity contribution is -0.116. The highest BCUT2D eigenvalue weighted by molar-refractivity contribution is 6.08. The van der Waals surface area contributed by atoms with E-state index in [-0.39, 0.29) is 11.8 Å². The molecular formula is C19H20N4O2. The van der Waals surface area contributed by atoms with Crippen LogP contribution in [0.5, 0.6) is 0 Å². The lowest BCUT2D eigenvalue weighted by Gasteiger charge is -2.09. The van der Waals surface area contributed by atoms with Crippen LogP contribution in [0.25, 0.3) is 5.52 Å². The number of nitrogens with one attached hydrogen (secondary N) is 2. The molecule has 2 amide bonds. The van der Waals surface area contributed by atoms with Crippen molar-refractivity contribution in [2.24, 2.45) is 5.92 Å². The van der Waals surface area contributed by atoms with E-state index in [1.165, 1.54) is 0 Å². The van der Waals surface area contributed by atoms with Gasteiger partial charge in [0.15, 0.2) is 0 Å². The molecule has 0 aliphatic rings. The first-order chi connectivity index (χ1) is 12.0. The van der Waals surface area contributed by atoms with Gasteiger partial charge in [-0.1, -0.05) is 19.9 Å². The highest BCUT2D eigenvalue weighted by Crippen LogP contribution is 2.17. The first-order valence-electron chi connectivity index (χ1n) is 8.16. The zero-order chi connectivity index (χ0) is 17.8. The third kappa shape index (κ3) is 4.03. The normalized spacial score (nSPS) is 10.8. The van der Waals surface area contributed by atoms with Gasteiger partial charge < -0.3 is 10.6 Å². The summed E-state index contributed by atoms with van der Waals surface area (Å²) in [6.45, 7) is 4.00. The first kappa shape index (κ1) is 16.7. The van der Waals surface area contributed by atoms with Gasteiger partial charge in [0, 0.05) is 24.0 Å². The summed E-state index contributed by atoms with van der Waals surface area (Å²) in [4.78, 5) is 24.2. The average Bonchev–Trinajstić information content (AvgIpc) is 3.00. The number of pyridine rings is 1. The standard InChI is InChI=1S/C19H20N4O2/c1-13(2)11-18(24)21-14-6-8-15(9-7-14)22-19(25)16-12-20-23-10-4-3-5-17(16)23/h3-10,12-13H,11H2,1-2H3,(H,21,24)(H,22,25). The van der Waals surface area contributed by atoms with E-state index < -0.39 is 0 Å². The Hall–Kier alpha value is -3.15.